The molecular formula is C9H8N2O3S. The molecular weight excluding hydrogens is 216 g/mol. The number of aromatic amines is 1. The minimum atomic E-state index is -2.28. The van der Waals surface area contributed by atoms with Gasteiger partial charge in [0, 0.05) is 18.0 Å². The maximum Gasteiger partial charge on any atom is 0.357 e. The summed E-state index contributed by atoms with van der Waals surface area (Å²) in [5.41, 5.74) is 0.885. The zero-order valence-electron chi connectivity index (χ0n) is 7.58. The van der Waals surface area contributed by atoms with E-state index >= 15 is 0 Å². The van der Waals surface area contributed by atoms with Gasteiger partial charge in [-0.25, -0.2) is 4.98 Å². The Labute approximate surface area is 88.6 Å². The lowest BCUT2D eigenvalue weighted by Crippen LogP contribution is -1.96. The van der Waals surface area contributed by atoms with Crippen LogP contribution in [-0.2, 0) is 11.4 Å². The fourth-order valence-electron chi connectivity index (χ4n) is 1.17. The maximum atomic E-state index is 10.4. The van der Waals surface area contributed by atoms with Gasteiger partial charge in [-0.1, -0.05) is 0 Å². The highest BCUT2D eigenvalue weighted by molar-refractivity contribution is 7.74. The molecule has 2 rings (SSSR count). The number of hydrogen-bond acceptors (Lipinski definition) is 3. The predicted octanol–water partition coefficient (Wildman–Crippen LogP) is 1.59. The van der Waals surface area contributed by atoms with Crippen LogP contribution in [0.15, 0.2) is 36.7 Å². The van der Waals surface area contributed by atoms with Crippen LogP contribution in [0.1, 0.15) is 0 Å². The predicted molar refractivity (Wildman–Crippen MR) is 55.4 cm³/mol. The lowest BCUT2D eigenvalue weighted by Gasteiger charge is -2.00. The first-order chi connectivity index (χ1) is 7.25. The molecule has 0 bridgehead atoms. The second kappa shape index (κ2) is 4.24. The highest BCUT2D eigenvalue weighted by Gasteiger charge is 2.01. The van der Waals surface area contributed by atoms with Gasteiger partial charge in [-0.3, -0.25) is 4.55 Å². The summed E-state index contributed by atoms with van der Waals surface area (Å²) in [4.78, 5) is 7.02. The molecule has 78 valence electrons. The van der Waals surface area contributed by atoms with E-state index in [1.165, 1.54) is 0 Å². The van der Waals surface area contributed by atoms with Gasteiger partial charge in [0.15, 0.2) is 0 Å². The Bertz CT molecular complexity index is 453. The van der Waals surface area contributed by atoms with Crippen LogP contribution in [0.5, 0.6) is 5.75 Å². The highest BCUT2D eigenvalue weighted by atomic mass is 32.2. The number of nitrogens with zero attached hydrogens (tertiary/aromatic N) is 1. The van der Waals surface area contributed by atoms with Crippen molar-refractivity contribution in [1.29, 1.82) is 0 Å². The molecule has 1 atom stereocenters. The molecule has 1 heterocycles. The Kier molecular flexibility index (Phi) is 2.79. The molecule has 1 aromatic carbocycles. The fraction of sp³-hybridized carbons (Fsp3) is 0. The number of imidazole rings is 1. The number of rotatable bonds is 3. The van der Waals surface area contributed by atoms with Crippen molar-refractivity contribution in [3.05, 3.63) is 36.7 Å². The van der Waals surface area contributed by atoms with E-state index in [1.807, 2.05) is 0 Å². The Hall–Kier alpha value is -1.66. The Morgan fingerprint density at radius 1 is 1.33 bits per heavy atom. The third kappa shape index (κ3) is 2.42. The van der Waals surface area contributed by atoms with Crippen LogP contribution in [0.3, 0.4) is 0 Å². The third-order valence-corrected chi connectivity index (χ3v) is 2.13. The van der Waals surface area contributed by atoms with Crippen LogP contribution in [0, 0.1) is 0 Å². The van der Waals surface area contributed by atoms with Crippen molar-refractivity contribution < 1.29 is 12.9 Å². The minimum absolute atomic E-state index is 0.339. The highest BCUT2D eigenvalue weighted by Crippen LogP contribution is 2.19. The molecule has 0 saturated carbocycles. The van der Waals surface area contributed by atoms with Gasteiger partial charge in [0.05, 0.1) is 0 Å². The topological polar surface area (TPSA) is 75.2 Å². The molecule has 6 heteroatoms. The van der Waals surface area contributed by atoms with Crippen molar-refractivity contribution in [3.63, 3.8) is 0 Å². The van der Waals surface area contributed by atoms with Gasteiger partial charge < -0.3 is 9.17 Å². The maximum absolute atomic E-state index is 10.4. The molecule has 1 aromatic heterocycles. The fourth-order valence-corrected chi connectivity index (χ4v) is 1.45. The van der Waals surface area contributed by atoms with E-state index in [0.29, 0.717) is 5.75 Å². The second-order valence-corrected chi connectivity index (χ2v) is 3.36. The molecule has 2 aromatic rings. The van der Waals surface area contributed by atoms with E-state index in [-0.39, 0.29) is 0 Å². The van der Waals surface area contributed by atoms with E-state index < -0.39 is 11.4 Å². The van der Waals surface area contributed by atoms with Crippen LogP contribution >= 0.6 is 0 Å². The van der Waals surface area contributed by atoms with Crippen molar-refractivity contribution in [3.8, 4) is 17.1 Å². The number of aromatic nitrogens is 2. The Morgan fingerprint density at radius 2 is 2.07 bits per heavy atom. The summed E-state index contributed by atoms with van der Waals surface area (Å²) in [6.45, 7) is 0. The largest absolute Gasteiger partial charge is 0.380 e. The van der Waals surface area contributed by atoms with E-state index in [2.05, 4.69) is 14.2 Å². The number of hydrogen-bond donors (Lipinski definition) is 2. The molecule has 2 N–H and O–H groups in total. The summed E-state index contributed by atoms with van der Waals surface area (Å²) in [7, 11) is 0. The third-order valence-electron chi connectivity index (χ3n) is 1.79. The van der Waals surface area contributed by atoms with E-state index in [0.717, 1.165) is 11.4 Å². The molecule has 1 unspecified atom stereocenters. The van der Waals surface area contributed by atoms with Gasteiger partial charge >= 0.3 is 11.4 Å². The molecule has 0 spiro atoms. The molecule has 0 saturated heterocycles. The molecule has 0 fully saturated rings. The molecule has 5 nitrogen and oxygen atoms in total. The van der Waals surface area contributed by atoms with Crippen LogP contribution in [0.4, 0.5) is 0 Å². The molecule has 0 radical (unpaired) electrons. The normalized spacial score (nSPS) is 12.3. The average molecular weight is 224 g/mol. The van der Waals surface area contributed by atoms with E-state index in [9.17, 15) is 4.21 Å². The zero-order valence-corrected chi connectivity index (χ0v) is 8.40. The summed E-state index contributed by atoms with van der Waals surface area (Å²) in [5.74, 6) is 1.08. The van der Waals surface area contributed by atoms with E-state index in [4.69, 9.17) is 4.55 Å². The van der Waals surface area contributed by atoms with Gasteiger partial charge in [0.1, 0.15) is 11.6 Å². The van der Waals surface area contributed by atoms with Crippen LogP contribution in [-0.4, -0.2) is 18.7 Å². The lowest BCUT2D eigenvalue weighted by molar-refractivity contribution is 0.458. The van der Waals surface area contributed by atoms with Crippen LogP contribution < -0.4 is 4.18 Å². The van der Waals surface area contributed by atoms with Crippen LogP contribution in [0.2, 0.25) is 0 Å². The van der Waals surface area contributed by atoms with Crippen molar-refractivity contribution in [2.24, 2.45) is 0 Å². The second-order valence-electron chi connectivity index (χ2n) is 2.76. The molecule has 0 aliphatic rings. The van der Waals surface area contributed by atoms with Gasteiger partial charge in [-0.05, 0) is 24.3 Å². The number of nitrogens with one attached hydrogen (secondary N) is 1. The quantitative estimate of drug-likeness (QED) is 0.776. The summed E-state index contributed by atoms with van der Waals surface area (Å²) >= 11 is -2.28. The summed E-state index contributed by atoms with van der Waals surface area (Å²) in [6.07, 6.45) is 3.38. The smallest absolute Gasteiger partial charge is 0.357 e. The first kappa shape index (κ1) is 9.88. The standard InChI is InChI=1S/C9H8N2O3S/c12-15(13)14-8-3-1-7(2-4-8)9-10-5-6-11-9/h1-6H,(H,10,11)(H,12,13). The summed E-state index contributed by atoms with van der Waals surface area (Å²) in [6, 6.07) is 6.71. The molecule has 0 aliphatic carbocycles. The summed E-state index contributed by atoms with van der Waals surface area (Å²) < 4.78 is 23.4. The van der Waals surface area contributed by atoms with Crippen molar-refractivity contribution in [1.82, 2.24) is 9.97 Å². The molecule has 15 heavy (non-hydrogen) atoms. The zero-order chi connectivity index (χ0) is 10.7. The minimum Gasteiger partial charge on any atom is -0.380 e. The van der Waals surface area contributed by atoms with Gasteiger partial charge in [-0.15, -0.1) is 0 Å². The molecule has 0 amide bonds. The first-order valence-electron chi connectivity index (χ1n) is 4.15. The van der Waals surface area contributed by atoms with Crippen molar-refractivity contribution in [2.45, 2.75) is 0 Å². The monoisotopic (exact) mass is 224 g/mol. The number of H-pyrrole nitrogens is 1. The van der Waals surface area contributed by atoms with Crippen molar-refractivity contribution >= 4 is 11.4 Å². The average Bonchev–Trinajstić information content (AvgIpc) is 2.71. The van der Waals surface area contributed by atoms with Crippen molar-refractivity contribution in [2.75, 3.05) is 0 Å². The number of benzene rings is 1. The van der Waals surface area contributed by atoms with Gasteiger partial charge in [0.25, 0.3) is 0 Å². The summed E-state index contributed by atoms with van der Waals surface area (Å²) in [5, 5.41) is 0. The molecule has 0 aliphatic heterocycles. The Balaban J connectivity index is 2.21. The van der Waals surface area contributed by atoms with E-state index in [1.54, 1.807) is 36.7 Å². The van der Waals surface area contributed by atoms with Gasteiger partial charge in [-0.2, -0.15) is 4.21 Å². The van der Waals surface area contributed by atoms with Gasteiger partial charge in [0.2, 0.25) is 0 Å². The SMILES string of the molecule is O=S(O)Oc1ccc(-c2ncc[nH]2)cc1. The lowest BCUT2D eigenvalue weighted by atomic mass is 10.2. The Morgan fingerprint density at radius 3 is 2.60 bits per heavy atom. The van der Waals surface area contributed by atoms with Crippen LogP contribution in [0.25, 0.3) is 11.4 Å². The first-order valence-corrected chi connectivity index (χ1v) is 5.18.